The van der Waals surface area contributed by atoms with Crippen molar-refractivity contribution in [3.63, 3.8) is 0 Å². The minimum absolute atomic E-state index is 0.00137. The average Bonchev–Trinajstić information content (AvgIpc) is 3.33. The predicted molar refractivity (Wildman–Crippen MR) is 132 cm³/mol. The number of para-hydroxylation sites is 2. The van der Waals surface area contributed by atoms with E-state index in [2.05, 4.69) is 5.32 Å². The molecule has 1 amide bonds. The van der Waals surface area contributed by atoms with Crippen molar-refractivity contribution in [3.8, 4) is 5.75 Å². The van der Waals surface area contributed by atoms with Crippen LogP contribution in [0.1, 0.15) is 48.6 Å². The van der Waals surface area contributed by atoms with Gasteiger partial charge in [0.1, 0.15) is 11.8 Å². The molecule has 3 aromatic rings. The number of carbonyl (C=O) groups is 2. The Morgan fingerprint density at radius 2 is 1.88 bits per heavy atom. The van der Waals surface area contributed by atoms with Gasteiger partial charge in [0.2, 0.25) is 5.91 Å². The number of ketones is 1. The largest absolute Gasteiger partial charge is 0.497 e. The first kappa shape index (κ1) is 21.5. The van der Waals surface area contributed by atoms with Crippen LogP contribution >= 0.6 is 11.3 Å². The molecule has 0 radical (unpaired) electrons. The van der Waals surface area contributed by atoms with Crippen molar-refractivity contribution in [2.75, 3.05) is 17.3 Å². The second kappa shape index (κ2) is 8.87. The molecule has 1 aromatic heterocycles. The molecule has 0 spiro atoms. The molecule has 5 rings (SSSR count). The Balaban J connectivity index is 1.65. The summed E-state index contributed by atoms with van der Waals surface area (Å²) in [5.41, 5.74) is 4.40. The molecule has 0 fully saturated rings. The van der Waals surface area contributed by atoms with E-state index >= 15 is 0 Å². The molecular weight excluding hydrogens is 432 g/mol. The van der Waals surface area contributed by atoms with Crippen LogP contribution in [0, 0.1) is 0 Å². The second-order valence-corrected chi connectivity index (χ2v) is 9.35. The number of benzene rings is 2. The summed E-state index contributed by atoms with van der Waals surface area (Å²) in [4.78, 5) is 29.8. The van der Waals surface area contributed by atoms with E-state index in [4.69, 9.17) is 4.74 Å². The van der Waals surface area contributed by atoms with Gasteiger partial charge in [0.15, 0.2) is 5.78 Å². The zero-order chi connectivity index (χ0) is 22.9. The molecule has 5 nitrogen and oxygen atoms in total. The van der Waals surface area contributed by atoms with E-state index in [1.54, 1.807) is 18.4 Å². The van der Waals surface area contributed by atoms with E-state index in [9.17, 15) is 9.59 Å². The molecule has 2 atom stereocenters. The molecular formula is C27H26N2O3S. The van der Waals surface area contributed by atoms with Crippen LogP contribution in [0.5, 0.6) is 5.75 Å². The Morgan fingerprint density at radius 3 is 2.58 bits per heavy atom. The van der Waals surface area contributed by atoms with Crippen molar-refractivity contribution in [3.05, 3.63) is 87.8 Å². The van der Waals surface area contributed by atoms with Crippen LogP contribution < -0.4 is 15.0 Å². The van der Waals surface area contributed by atoms with Crippen molar-refractivity contribution in [1.29, 1.82) is 0 Å². The van der Waals surface area contributed by atoms with E-state index in [-0.39, 0.29) is 17.6 Å². The zero-order valence-electron chi connectivity index (χ0n) is 18.7. The van der Waals surface area contributed by atoms with Gasteiger partial charge in [-0.25, -0.2) is 0 Å². The molecule has 2 aromatic carbocycles. The first-order valence-electron chi connectivity index (χ1n) is 11.2. The lowest BCUT2D eigenvalue weighted by Gasteiger charge is -2.34. The highest BCUT2D eigenvalue weighted by Gasteiger charge is 2.41. The zero-order valence-corrected chi connectivity index (χ0v) is 19.5. The van der Waals surface area contributed by atoms with Crippen LogP contribution in [0.4, 0.5) is 11.4 Å². The first-order valence-corrected chi connectivity index (χ1v) is 12.1. The van der Waals surface area contributed by atoms with Crippen LogP contribution in [0.3, 0.4) is 0 Å². The van der Waals surface area contributed by atoms with Gasteiger partial charge in [-0.1, -0.05) is 37.3 Å². The van der Waals surface area contributed by atoms with E-state index < -0.39 is 6.04 Å². The van der Waals surface area contributed by atoms with Gasteiger partial charge >= 0.3 is 0 Å². The van der Waals surface area contributed by atoms with E-state index in [1.807, 2.05) is 77.9 Å². The summed E-state index contributed by atoms with van der Waals surface area (Å²) in [6, 6.07) is 19.4. The molecule has 1 aliphatic carbocycles. The van der Waals surface area contributed by atoms with Gasteiger partial charge in [-0.15, -0.1) is 11.3 Å². The summed E-state index contributed by atoms with van der Waals surface area (Å²) in [6.07, 6.45) is 1.48. The normalized spacial score (nSPS) is 19.9. The number of anilines is 2. The quantitative estimate of drug-likeness (QED) is 0.516. The molecule has 0 unspecified atom stereocenters. The predicted octanol–water partition coefficient (Wildman–Crippen LogP) is 6.07. The maximum Gasteiger partial charge on any atom is 0.227 e. The summed E-state index contributed by atoms with van der Waals surface area (Å²) >= 11 is 1.58. The minimum atomic E-state index is -0.423. The number of fused-ring (bicyclic) bond motifs is 1. The number of allylic oxidation sites excluding steroid dienone is 1. The molecule has 33 heavy (non-hydrogen) atoms. The number of carbonyl (C=O) groups excluding carboxylic acids is 2. The van der Waals surface area contributed by atoms with Crippen molar-refractivity contribution in [2.24, 2.45) is 0 Å². The van der Waals surface area contributed by atoms with E-state index in [1.165, 1.54) is 0 Å². The second-order valence-electron chi connectivity index (χ2n) is 8.37. The standard InChI is InChI=1S/C27H26N2O3S/c1-3-25(31)29-22-8-5-4-7-20(22)28-21-15-18(17-10-12-19(32-2)13-11-17)16-23(30)26(21)27(29)24-9-6-14-33-24/h4-14,18,27-28H,3,15-16H2,1-2H3/t18-,27+/m1/s1. The average molecular weight is 459 g/mol. The minimum Gasteiger partial charge on any atom is -0.497 e. The number of Topliss-reactive ketones (excluding diaryl/α,β-unsaturated/α-hetero) is 1. The van der Waals surface area contributed by atoms with Crippen LogP contribution in [-0.2, 0) is 9.59 Å². The molecule has 1 N–H and O–H groups in total. The summed E-state index contributed by atoms with van der Waals surface area (Å²) < 4.78 is 5.29. The first-order chi connectivity index (χ1) is 16.1. The van der Waals surface area contributed by atoms with Gasteiger partial charge in [0.25, 0.3) is 0 Å². The molecule has 2 heterocycles. The van der Waals surface area contributed by atoms with E-state index in [0.29, 0.717) is 24.8 Å². The number of hydrogen-bond donors (Lipinski definition) is 1. The molecule has 2 aliphatic rings. The Morgan fingerprint density at radius 1 is 1.09 bits per heavy atom. The van der Waals surface area contributed by atoms with Gasteiger partial charge in [0, 0.05) is 29.0 Å². The summed E-state index contributed by atoms with van der Waals surface area (Å²) in [6.45, 7) is 1.87. The van der Waals surface area contributed by atoms with Crippen LogP contribution in [0.15, 0.2) is 77.3 Å². The maximum absolute atomic E-state index is 13.7. The van der Waals surface area contributed by atoms with Crippen molar-refractivity contribution in [1.82, 2.24) is 0 Å². The number of rotatable bonds is 4. The third-order valence-electron chi connectivity index (χ3n) is 6.46. The summed E-state index contributed by atoms with van der Waals surface area (Å²) in [5, 5.41) is 5.56. The van der Waals surface area contributed by atoms with Gasteiger partial charge < -0.3 is 10.1 Å². The number of nitrogens with zero attached hydrogens (tertiary/aromatic N) is 1. The monoisotopic (exact) mass is 458 g/mol. The third kappa shape index (κ3) is 3.85. The van der Waals surface area contributed by atoms with Crippen molar-refractivity contribution in [2.45, 2.75) is 38.1 Å². The number of amides is 1. The van der Waals surface area contributed by atoms with Crippen LogP contribution in [-0.4, -0.2) is 18.8 Å². The Hall–Kier alpha value is -3.38. The number of hydrogen-bond acceptors (Lipinski definition) is 5. The Kier molecular flexibility index (Phi) is 5.77. The molecule has 0 bridgehead atoms. The van der Waals surface area contributed by atoms with Gasteiger partial charge in [-0.2, -0.15) is 0 Å². The van der Waals surface area contributed by atoms with Gasteiger partial charge in [-0.3, -0.25) is 14.5 Å². The van der Waals surface area contributed by atoms with Gasteiger partial charge in [-0.05, 0) is 53.6 Å². The lowest BCUT2D eigenvalue weighted by atomic mass is 9.79. The number of methoxy groups -OCH3 is 1. The number of ether oxygens (including phenoxy) is 1. The summed E-state index contributed by atoms with van der Waals surface area (Å²) in [7, 11) is 1.65. The molecule has 0 saturated carbocycles. The fourth-order valence-corrected chi connectivity index (χ4v) is 5.69. The molecule has 1 aliphatic heterocycles. The fraction of sp³-hybridized carbons (Fsp3) is 0.259. The SMILES string of the molecule is CCC(=O)N1c2ccccc2NC2=C(C(=O)C[C@H](c3ccc(OC)cc3)C2)[C@@H]1c1cccs1. The third-order valence-corrected chi connectivity index (χ3v) is 7.38. The highest BCUT2D eigenvalue weighted by Crippen LogP contribution is 2.48. The highest BCUT2D eigenvalue weighted by atomic mass is 32.1. The molecule has 168 valence electrons. The van der Waals surface area contributed by atoms with E-state index in [0.717, 1.165) is 33.3 Å². The topological polar surface area (TPSA) is 58.6 Å². The fourth-order valence-electron chi connectivity index (χ4n) is 4.86. The number of nitrogens with one attached hydrogen (secondary N) is 1. The Labute approximate surface area is 197 Å². The lowest BCUT2D eigenvalue weighted by Crippen LogP contribution is -2.37. The lowest BCUT2D eigenvalue weighted by molar-refractivity contribution is -0.118. The van der Waals surface area contributed by atoms with Crippen molar-refractivity contribution >= 4 is 34.4 Å². The summed E-state index contributed by atoms with van der Waals surface area (Å²) in [5.74, 6) is 0.958. The van der Waals surface area contributed by atoms with Gasteiger partial charge in [0.05, 0.1) is 18.5 Å². The number of thiophene rings is 1. The Bertz CT molecular complexity index is 1210. The highest BCUT2D eigenvalue weighted by molar-refractivity contribution is 7.10. The molecule has 0 saturated heterocycles. The maximum atomic E-state index is 13.7. The molecule has 6 heteroatoms. The smallest absolute Gasteiger partial charge is 0.227 e. The van der Waals surface area contributed by atoms with Crippen LogP contribution in [0.25, 0.3) is 0 Å². The van der Waals surface area contributed by atoms with Crippen molar-refractivity contribution < 1.29 is 14.3 Å². The van der Waals surface area contributed by atoms with Crippen LogP contribution in [0.2, 0.25) is 0 Å².